The topological polar surface area (TPSA) is 19.9 Å². The summed E-state index contributed by atoms with van der Waals surface area (Å²) in [5.41, 5.74) is 0.854. The van der Waals surface area contributed by atoms with Gasteiger partial charge >= 0.3 is 0 Å². The summed E-state index contributed by atoms with van der Waals surface area (Å²) in [5.74, 6) is 0. The van der Waals surface area contributed by atoms with Gasteiger partial charge in [-0.05, 0) is 5.56 Å². The van der Waals surface area contributed by atoms with Crippen LogP contribution < -0.4 is 0 Å². The molecular formula is C7H7LaO. The molecular weight excluding hydrogens is 239 g/mol. The summed E-state index contributed by atoms with van der Waals surface area (Å²) in [6, 6.07) is 9.29. The van der Waals surface area contributed by atoms with Gasteiger partial charge in [-0.15, -0.1) is 0 Å². The number of hydrogen-bond donors (Lipinski definition) is 0. The van der Waals surface area contributed by atoms with Gasteiger partial charge in [-0.1, -0.05) is 30.3 Å². The molecule has 0 fully saturated rings. The molecule has 0 unspecified atom stereocenters. The SMILES string of the molecule is [La].[O]Cc1ccccc1. The van der Waals surface area contributed by atoms with Gasteiger partial charge < -0.3 is 0 Å². The molecule has 1 aromatic carbocycles. The van der Waals surface area contributed by atoms with E-state index in [1.807, 2.05) is 30.3 Å². The Morgan fingerprint density at radius 1 is 1.11 bits per heavy atom. The van der Waals surface area contributed by atoms with Gasteiger partial charge in [0.15, 0.2) is 0 Å². The van der Waals surface area contributed by atoms with E-state index < -0.39 is 0 Å². The second-order valence-corrected chi connectivity index (χ2v) is 1.63. The molecule has 1 nitrogen and oxygen atoms in total. The molecule has 0 aliphatic rings. The average molecular weight is 246 g/mol. The molecule has 0 aliphatic heterocycles. The number of rotatable bonds is 1. The van der Waals surface area contributed by atoms with Crippen LogP contribution >= 0.6 is 0 Å². The maximum absolute atomic E-state index is 10.1. The molecule has 2 heteroatoms. The molecule has 1 aromatic rings. The summed E-state index contributed by atoms with van der Waals surface area (Å²) >= 11 is 0. The molecule has 0 aromatic heterocycles. The maximum atomic E-state index is 10.1. The van der Waals surface area contributed by atoms with Gasteiger partial charge in [-0.2, -0.15) is 0 Å². The summed E-state index contributed by atoms with van der Waals surface area (Å²) in [7, 11) is 0. The summed E-state index contributed by atoms with van der Waals surface area (Å²) in [4.78, 5) is 0. The Labute approximate surface area is 82.7 Å². The van der Waals surface area contributed by atoms with Gasteiger partial charge in [0.1, 0.15) is 6.61 Å². The Bertz CT molecular complexity index is 150. The van der Waals surface area contributed by atoms with Gasteiger partial charge in [0.05, 0.1) is 0 Å². The van der Waals surface area contributed by atoms with E-state index in [1.54, 1.807) is 0 Å². The van der Waals surface area contributed by atoms with E-state index in [2.05, 4.69) is 0 Å². The largest absolute Gasteiger partial charge is 0.232 e. The molecule has 1 rings (SSSR count). The van der Waals surface area contributed by atoms with E-state index in [9.17, 15) is 5.11 Å². The Morgan fingerprint density at radius 2 is 1.67 bits per heavy atom. The van der Waals surface area contributed by atoms with Gasteiger partial charge in [-0.25, -0.2) is 5.11 Å². The first-order chi connectivity index (χ1) is 3.93. The molecule has 2 radical (unpaired) electrons. The molecule has 0 atom stereocenters. The van der Waals surface area contributed by atoms with Crippen molar-refractivity contribution >= 4 is 0 Å². The molecule has 0 saturated carbocycles. The van der Waals surface area contributed by atoms with Crippen molar-refractivity contribution < 1.29 is 40.7 Å². The predicted molar refractivity (Wildman–Crippen MR) is 30.8 cm³/mol. The zero-order chi connectivity index (χ0) is 5.82. The molecule has 44 valence electrons. The van der Waals surface area contributed by atoms with Crippen LogP contribution in [0.3, 0.4) is 0 Å². The van der Waals surface area contributed by atoms with E-state index in [4.69, 9.17) is 0 Å². The van der Waals surface area contributed by atoms with Crippen molar-refractivity contribution in [1.29, 1.82) is 0 Å². The molecule has 0 amide bonds. The van der Waals surface area contributed by atoms with Crippen molar-refractivity contribution in [3.05, 3.63) is 35.9 Å². The Kier molecular flexibility index (Phi) is 5.40. The number of hydrogen-bond acceptors (Lipinski definition) is 0. The quantitative estimate of drug-likeness (QED) is 0.717. The van der Waals surface area contributed by atoms with Crippen molar-refractivity contribution in [1.82, 2.24) is 0 Å². The normalized spacial score (nSPS) is 8.11. The zero-order valence-electron chi connectivity index (χ0n) is 5.08. The summed E-state index contributed by atoms with van der Waals surface area (Å²) in [6.07, 6.45) is 0. The minimum absolute atomic E-state index is 0. The molecule has 0 N–H and O–H groups in total. The minimum atomic E-state index is -0.110. The van der Waals surface area contributed by atoms with Crippen LogP contribution in [0.15, 0.2) is 30.3 Å². The molecule has 0 bridgehead atoms. The van der Waals surface area contributed by atoms with Gasteiger partial charge in [0.25, 0.3) is 0 Å². The van der Waals surface area contributed by atoms with Crippen LogP contribution in [0.1, 0.15) is 5.56 Å². The van der Waals surface area contributed by atoms with Crippen LogP contribution in [-0.2, 0) is 11.7 Å². The summed E-state index contributed by atoms with van der Waals surface area (Å²) in [6.45, 7) is -0.110. The van der Waals surface area contributed by atoms with Crippen LogP contribution in [0.2, 0.25) is 0 Å². The maximum Gasteiger partial charge on any atom is 0.107 e. The van der Waals surface area contributed by atoms with E-state index in [-0.39, 0.29) is 42.2 Å². The van der Waals surface area contributed by atoms with Gasteiger partial charge in [0, 0.05) is 35.6 Å². The first-order valence-electron chi connectivity index (χ1n) is 2.55. The van der Waals surface area contributed by atoms with Crippen molar-refractivity contribution in [3.8, 4) is 0 Å². The third kappa shape index (κ3) is 3.16. The van der Waals surface area contributed by atoms with E-state index in [0.29, 0.717) is 0 Å². The molecule has 0 spiro atoms. The van der Waals surface area contributed by atoms with E-state index in [1.165, 1.54) is 0 Å². The average Bonchev–Trinajstić information content (AvgIpc) is 1.90. The third-order valence-electron chi connectivity index (χ3n) is 1.01. The van der Waals surface area contributed by atoms with Crippen molar-refractivity contribution in [2.24, 2.45) is 0 Å². The van der Waals surface area contributed by atoms with Crippen LogP contribution in [0, 0.1) is 35.6 Å². The smallest absolute Gasteiger partial charge is 0.107 e. The fourth-order valence-corrected chi connectivity index (χ4v) is 0.574. The monoisotopic (exact) mass is 246 g/mol. The van der Waals surface area contributed by atoms with E-state index >= 15 is 0 Å². The fraction of sp³-hybridized carbons (Fsp3) is 0.143. The minimum Gasteiger partial charge on any atom is -0.232 e. The Hall–Kier alpha value is 0.375. The van der Waals surface area contributed by atoms with Gasteiger partial charge in [-0.3, -0.25) is 0 Å². The van der Waals surface area contributed by atoms with Gasteiger partial charge in [0.2, 0.25) is 0 Å². The third-order valence-corrected chi connectivity index (χ3v) is 1.01. The van der Waals surface area contributed by atoms with Crippen LogP contribution in [0.4, 0.5) is 0 Å². The summed E-state index contributed by atoms with van der Waals surface area (Å²) < 4.78 is 0. The standard InChI is InChI=1S/C7H7O.La/c8-6-7-4-2-1-3-5-7;/h1-5H,6H2;. The van der Waals surface area contributed by atoms with Crippen molar-refractivity contribution in [2.75, 3.05) is 0 Å². The zero-order valence-corrected chi connectivity index (χ0v) is 8.71. The number of benzene rings is 1. The van der Waals surface area contributed by atoms with Crippen LogP contribution in [0.5, 0.6) is 0 Å². The molecule has 9 heavy (non-hydrogen) atoms. The summed E-state index contributed by atoms with van der Waals surface area (Å²) in [5, 5.41) is 10.1. The van der Waals surface area contributed by atoms with Crippen molar-refractivity contribution in [2.45, 2.75) is 6.61 Å². The molecule has 0 aliphatic carbocycles. The van der Waals surface area contributed by atoms with Crippen LogP contribution in [-0.4, -0.2) is 0 Å². The predicted octanol–water partition coefficient (Wildman–Crippen LogP) is 1.62. The first kappa shape index (κ1) is 9.37. The molecule has 0 heterocycles. The molecule has 0 saturated heterocycles. The fourth-order valence-electron chi connectivity index (χ4n) is 0.574. The van der Waals surface area contributed by atoms with E-state index in [0.717, 1.165) is 5.56 Å². The second-order valence-electron chi connectivity index (χ2n) is 1.63. The van der Waals surface area contributed by atoms with Crippen molar-refractivity contribution in [3.63, 3.8) is 0 Å². The second kappa shape index (κ2) is 5.18. The Morgan fingerprint density at radius 3 is 2.00 bits per heavy atom. The first-order valence-corrected chi connectivity index (χ1v) is 2.55. The Balaban J connectivity index is 0.000000640. The van der Waals surface area contributed by atoms with Crippen LogP contribution in [0.25, 0.3) is 0 Å².